The highest BCUT2D eigenvalue weighted by Gasteiger charge is 2.13. The Bertz CT molecular complexity index is 537. The summed E-state index contributed by atoms with van der Waals surface area (Å²) < 4.78 is 0.779. The van der Waals surface area contributed by atoms with Crippen LogP contribution in [0, 0.1) is 0 Å². The molecule has 2 bridgehead atoms. The molecule has 0 saturated carbocycles. The van der Waals surface area contributed by atoms with Crippen LogP contribution in [0.15, 0.2) is 33.9 Å². The van der Waals surface area contributed by atoms with Gasteiger partial charge < -0.3 is 10.2 Å². The Morgan fingerprint density at radius 1 is 1.06 bits per heavy atom. The summed E-state index contributed by atoms with van der Waals surface area (Å²) >= 11 is 0. The highest BCUT2D eigenvalue weighted by Crippen LogP contribution is 2.06. The molecule has 16 heavy (non-hydrogen) atoms. The maximum absolute atomic E-state index is 11.8. The molecule has 0 aliphatic rings. The van der Waals surface area contributed by atoms with Gasteiger partial charge in [0, 0.05) is 23.8 Å². The molecule has 2 heterocycles. The van der Waals surface area contributed by atoms with E-state index in [2.05, 4.69) is 0 Å². The van der Waals surface area contributed by atoms with Crippen molar-refractivity contribution in [1.82, 2.24) is 4.57 Å². The molecule has 0 aliphatic heterocycles. The van der Waals surface area contributed by atoms with Crippen molar-refractivity contribution in [2.24, 2.45) is 0 Å². The van der Waals surface area contributed by atoms with Crippen molar-refractivity contribution in [3.05, 3.63) is 45.0 Å². The summed E-state index contributed by atoms with van der Waals surface area (Å²) in [6, 6.07) is 6.17. The molecule has 5 nitrogen and oxygen atoms in total. The first-order valence-electron chi connectivity index (χ1n) is 4.92. The van der Waals surface area contributed by atoms with Crippen LogP contribution in [-0.4, -0.2) is 21.4 Å². The molecule has 0 aliphatic carbocycles. The SMILES string of the molecule is O=c1c2ccc(cc2)c(=O)n1C(O)CCO. The first-order valence-corrected chi connectivity index (χ1v) is 4.92. The Hall–Kier alpha value is -1.72. The highest BCUT2D eigenvalue weighted by molar-refractivity contribution is 5.63. The van der Waals surface area contributed by atoms with Crippen LogP contribution in [0.4, 0.5) is 0 Å². The van der Waals surface area contributed by atoms with E-state index in [4.69, 9.17) is 5.11 Å². The molecule has 3 rings (SSSR count). The maximum Gasteiger partial charge on any atom is 0.262 e. The van der Waals surface area contributed by atoms with Crippen molar-refractivity contribution in [3.63, 3.8) is 0 Å². The first-order chi connectivity index (χ1) is 7.65. The fourth-order valence-electron chi connectivity index (χ4n) is 1.64. The van der Waals surface area contributed by atoms with E-state index in [0.717, 1.165) is 4.57 Å². The summed E-state index contributed by atoms with van der Waals surface area (Å²) in [5.74, 6) is 0. The minimum absolute atomic E-state index is 0.0436. The van der Waals surface area contributed by atoms with E-state index in [1.807, 2.05) is 0 Å². The van der Waals surface area contributed by atoms with Gasteiger partial charge in [-0.05, 0) is 24.3 Å². The third-order valence-electron chi connectivity index (χ3n) is 2.50. The normalized spacial score (nSPS) is 13.1. The molecule has 1 atom stereocenters. The molecule has 3 aromatic rings. The molecule has 0 saturated heterocycles. The molecule has 0 spiro atoms. The third kappa shape index (κ3) is 1.60. The Morgan fingerprint density at radius 3 is 1.88 bits per heavy atom. The Kier molecular flexibility index (Phi) is 2.72. The molecule has 84 valence electrons. The molecule has 0 amide bonds. The standard InChI is InChI=1S/C11H11NO4/c13-6-5-9(14)12-10(15)7-1-2-8(4-3-7)11(12)16/h1-4,9,13-14H,5-6H2. The average molecular weight is 221 g/mol. The number of aliphatic hydroxyl groups is 2. The summed E-state index contributed by atoms with van der Waals surface area (Å²) in [6.45, 7) is -0.288. The predicted octanol–water partition coefficient (Wildman–Crippen LogP) is -0.327. The fraction of sp³-hybridized carbons (Fsp3) is 0.273. The summed E-state index contributed by atoms with van der Waals surface area (Å²) in [6.07, 6.45) is -1.33. The highest BCUT2D eigenvalue weighted by atomic mass is 16.3. The molecule has 1 aromatic carbocycles. The predicted molar refractivity (Wildman–Crippen MR) is 58.6 cm³/mol. The van der Waals surface area contributed by atoms with Crippen LogP contribution in [0.1, 0.15) is 12.6 Å². The van der Waals surface area contributed by atoms with Crippen molar-refractivity contribution in [1.29, 1.82) is 0 Å². The largest absolute Gasteiger partial charge is 0.396 e. The Labute approximate surface area is 90.5 Å². The van der Waals surface area contributed by atoms with Gasteiger partial charge in [-0.1, -0.05) is 0 Å². The van der Waals surface area contributed by atoms with Crippen LogP contribution >= 0.6 is 0 Å². The zero-order valence-corrected chi connectivity index (χ0v) is 8.46. The van der Waals surface area contributed by atoms with Crippen LogP contribution in [-0.2, 0) is 0 Å². The van der Waals surface area contributed by atoms with Crippen LogP contribution in [0.2, 0.25) is 0 Å². The number of aliphatic hydroxyl groups excluding tert-OH is 2. The number of hydrogen-bond donors (Lipinski definition) is 2. The summed E-state index contributed by atoms with van der Waals surface area (Å²) in [7, 11) is 0. The number of benzene rings is 1. The van der Waals surface area contributed by atoms with E-state index in [9.17, 15) is 14.7 Å². The van der Waals surface area contributed by atoms with E-state index in [-0.39, 0.29) is 13.0 Å². The van der Waals surface area contributed by atoms with Gasteiger partial charge >= 0.3 is 0 Å². The van der Waals surface area contributed by atoms with Crippen LogP contribution in [0.25, 0.3) is 10.8 Å². The van der Waals surface area contributed by atoms with Gasteiger partial charge in [0.05, 0.1) is 0 Å². The van der Waals surface area contributed by atoms with E-state index >= 15 is 0 Å². The van der Waals surface area contributed by atoms with Crippen molar-refractivity contribution in [2.75, 3.05) is 6.61 Å². The molecule has 0 fully saturated rings. The van der Waals surface area contributed by atoms with Crippen molar-refractivity contribution in [3.8, 4) is 0 Å². The monoisotopic (exact) mass is 221 g/mol. The molecule has 1 unspecified atom stereocenters. The van der Waals surface area contributed by atoms with Gasteiger partial charge in [-0.3, -0.25) is 9.59 Å². The maximum atomic E-state index is 11.8. The first kappa shape index (κ1) is 10.8. The van der Waals surface area contributed by atoms with Gasteiger partial charge in [0.15, 0.2) is 0 Å². The van der Waals surface area contributed by atoms with Gasteiger partial charge in [-0.2, -0.15) is 0 Å². The van der Waals surface area contributed by atoms with Gasteiger partial charge in [-0.25, -0.2) is 4.57 Å². The second-order valence-electron chi connectivity index (χ2n) is 3.55. The van der Waals surface area contributed by atoms with Crippen LogP contribution < -0.4 is 11.1 Å². The quantitative estimate of drug-likeness (QED) is 0.744. The lowest BCUT2D eigenvalue weighted by Gasteiger charge is -2.09. The Balaban J connectivity index is 2.79. The minimum Gasteiger partial charge on any atom is -0.396 e. The zero-order valence-electron chi connectivity index (χ0n) is 8.46. The third-order valence-corrected chi connectivity index (χ3v) is 2.50. The summed E-state index contributed by atoms with van der Waals surface area (Å²) in [5, 5.41) is 19.1. The molecular weight excluding hydrogens is 210 g/mol. The van der Waals surface area contributed by atoms with Crippen molar-refractivity contribution in [2.45, 2.75) is 12.6 Å². The van der Waals surface area contributed by atoms with E-state index in [0.29, 0.717) is 10.8 Å². The number of aromatic nitrogens is 1. The second-order valence-corrected chi connectivity index (χ2v) is 3.55. The van der Waals surface area contributed by atoms with Gasteiger partial charge in [0.1, 0.15) is 6.23 Å². The number of rotatable bonds is 3. The van der Waals surface area contributed by atoms with Crippen molar-refractivity contribution < 1.29 is 10.2 Å². The topological polar surface area (TPSA) is 79.5 Å². The number of nitrogens with zero attached hydrogens (tertiary/aromatic N) is 1. The van der Waals surface area contributed by atoms with E-state index in [1.165, 1.54) is 0 Å². The van der Waals surface area contributed by atoms with Gasteiger partial charge in [0.2, 0.25) is 0 Å². The number of fused-ring (bicyclic) bond motifs is 4. The molecule has 5 heteroatoms. The average Bonchev–Trinajstić information content (AvgIpc) is 2.46. The summed E-state index contributed by atoms with van der Waals surface area (Å²) in [4.78, 5) is 23.7. The Morgan fingerprint density at radius 2 is 1.50 bits per heavy atom. The summed E-state index contributed by atoms with van der Waals surface area (Å²) in [5.41, 5.74) is -1.07. The lowest BCUT2D eigenvalue weighted by Crippen LogP contribution is -2.33. The van der Waals surface area contributed by atoms with Gasteiger partial charge in [-0.15, -0.1) is 0 Å². The van der Waals surface area contributed by atoms with Gasteiger partial charge in [0.25, 0.3) is 11.1 Å². The zero-order chi connectivity index (χ0) is 11.7. The van der Waals surface area contributed by atoms with Crippen LogP contribution in [0.3, 0.4) is 0 Å². The molecular formula is C11H11NO4. The van der Waals surface area contributed by atoms with Crippen molar-refractivity contribution >= 4 is 10.8 Å². The molecule has 2 N–H and O–H groups in total. The molecule has 0 radical (unpaired) electrons. The van der Waals surface area contributed by atoms with E-state index in [1.54, 1.807) is 24.3 Å². The minimum atomic E-state index is -1.28. The molecule has 2 aromatic heterocycles. The smallest absolute Gasteiger partial charge is 0.262 e. The lowest BCUT2D eigenvalue weighted by molar-refractivity contribution is 0.0680. The second kappa shape index (κ2) is 4.03. The fourth-order valence-corrected chi connectivity index (χ4v) is 1.64. The van der Waals surface area contributed by atoms with Crippen LogP contribution in [0.5, 0.6) is 0 Å². The number of hydrogen-bond acceptors (Lipinski definition) is 4. The van der Waals surface area contributed by atoms with E-state index < -0.39 is 17.3 Å². The lowest BCUT2D eigenvalue weighted by atomic mass is 10.2.